The number of aromatic amines is 1. The zero-order valence-electron chi connectivity index (χ0n) is 9.85. The smallest absolute Gasteiger partial charge is 0.263 e. The molecule has 18 heavy (non-hydrogen) atoms. The first-order valence-electron chi connectivity index (χ1n) is 6.06. The number of H-pyrrole nitrogens is 1. The molecule has 0 radical (unpaired) electrons. The highest BCUT2D eigenvalue weighted by Gasteiger charge is 2.21. The van der Waals surface area contributed by atoms with Gasteiger partial charge in [-0.15, -0.1) is 0 Å². The molecule has 0 amide bonds. The second kappa shape index (κ2) is 4.73. The molecule has 1 aliphatic heterocycles. The van der Waals surface area contributed by atoms with Crippen LogP contribution in [0.5, 0.6) is 0 Å². The Morgan fingerprint density at radius 2 is 2.17 bits per heavy atom. The molecule has 1 saturated heterocycles. The average Bonchev–Trinajstić information content (AvgIpc) is 2.90. The van der Waals surface area contributed by atoms with Crippen molar-refractivity contribution in [2.45, 2.75) is 18.8 Å². The number of rotatable bonds is 2. The maximum Gasteiger partial charge on any atom is 0.263 e. The lowest BCUT2D eigenvalue weighted by Gasteiger charge is -2.18. The van der Waals surface area contributed by atoms with E-state index < -0.39 is 0 Å². The third kappa shape index (κ3) is 2.06. The fraction of sp³-hybridized carbons (Fsp3) is 0.417. The van der Waals surface area contributed by atoms with E-state index in [1.54, 1.807) is 12.4 Å². The third-order valence-electron chi connectivity index (χ3n) is 3.20. The van der Waals surface area contributed by atoms with E-state index in [0.29, 0.717) is 23.2 Å². The van der Waals surface area contributed by atoms with Crippen molar-refractivity contribution in [3.8, 4) is 11.5 Å². The van der Waals surface area contributed by atoms with Crippen LogP contribution in [0.15, 0.2) is 27.8 Å². The van der Waals surface area contributed by atoms with Crippen LogP contribution < -0.4 is 10.7 Å². The van der Waals surface area contributed by atoms with E-state index in [-0.39, 0.29) is 5.43 Å². The van der Waals surface area contributed by atoms with Crippen molar-refractivity contribution in [1.29, 1.82) is 0 Å². The van der Waals surface area contributed by atoms with Crippen molar-refractivity contribution in [2.24, 2.45) is 0 Å². The van der Waals surface area contributed by atoms with Gasteiger partial charge in [-0.1, -0.05) is 5.16 Å². The highest BCUT2D eigenvalue weighted by atomic mass is 16.5. The number of aromatic nitrogens is 3. The van der Waals surface area contributed by atoms with Gasteiger partial charge in [0.25, 0.3) is 5.89 Å². The van der Waals surface area contributed by atoms with Gasteiger partial charge in [0.2, 0.25) is 0 Å². The summed E-state index contributed by atoms with van der Waals surface area (Å²) in [5.41, 5.74) is 0.305. The fourth-order valence-corrected chi connectivity index (χ4v) is 2.17. The SMILES string of the molecule is O=c1cc[nH]cc1-c1nc(C2CCNCC2)no1. The normalized spacial score (nSPS) is 16.9. The van der Waals surface area contributed by atoms with Gasteiger partial charge in [-0.2, -0.15) is 4.98 Å². The zero-order valence-corrected chi connectivity index (χ0v) is 9.85. The van der Waals surface area contributed by atoms with E-state index in [4.69, 9.17) is 4.52 Å². The van der Waals surface area contributed by atoms with Crippen LogP contribution in [0, 0.1) is 0 Å². The van der Waals surface area contributed by atoms with E-state index in [0.717, 1.165) is 25.9 Å². The second-order valence-electron chi connectivity index (χ2n) is 4.40. The van der Waals surface area contributed by atoms with Crippen molar-refractivity contribution >= 4 is 0 Å². The van der Waals surface area contributed by atoms with Gasteiger partial charge in [-0.3, -0.25) is 4.79 Å². The molecule has 2 aromatic heterocycles. The van der Waals surface area contributed by atoms with Crippen LogP contribution in [0.3, 0.4) is 0 Å². The quantitative estimate of drug-likeness (QED) is 0.822. The predicted octanol–water partition coefficient (Wildman–Crippen LogP) is 0.892. The van der Waals surface area contributed by atoms with Gasteiger partial charge in [-0.05, 0) is 25.9 Å². The van der Waals surface area contributed by atoms with Crippen molar-refractivity contribution in [1.82, 2.24) is 20.4 Å². The van der Waals surface area contributed by atoms with Crippen LogP contribution in [-0.2, 0) is 0 Å². The van der Waals surface area contributed by atoms with Crippen LogP contribution in [0.2, 0.25) is 0 Å². The number of piperidine rings is 1. The minimum Gasteiger partial charge on any atom is -0.367 e. The largest absolute Gasteiger partial charge is 0.367 e. The monoisotopic (exact) mass is 246 g/mol. The van der Waals surface area contributed by atoms with Crippen molar-refractivity contribution in [3.63, 3.8) is 0 Å². The number of nitrogens with zero attached hydrogens (tertiary/aromatic N) is 2. The summed E-state index contributed by atoms with van der Waals surface area (Å²) < 4.78 is 5.18. The number of hydrogen-bond acceptors (Lipinski definition) is 5. The second-order valence-corrected chi connectivity index (χ2v) is 4.40. The highest BCUT2D eigenvalue weighted by molar-refractivity contribution is 5.50. The van der Waals surface area contributed by atoms with Crippen LogP contribution in [0.1, 0.15) is 24.6 Å². The first kappa shape index (κ1) is 11.2. The van der Waals surface area contributed by atoms with Gasteiger partial charge in [-0.25, -0.2) is 0 Å². The Morgan fingerprint density at radius 3 is 2.94 bits per heavy atom. The molecule has 2 N–H and O–H groups in total. The topological polar surface area (TPSA) is 83.8 Å². The summed E-state index contributed by atoms with van der Waals surface area (Å²) >= 11 is 0. The van der Waals surface area contributed by atoms with Crippen molar-refractivity contribution in [2.75, 3.05) is 13.1 Å². The summed E-state index contributed by atoms with van der Waals surface area (Å²) in [5.74, 6) is 1.33. The molecule has 94 valence electrons. The lowest BCUT2D eigenvalue weighted by Crippen LogP contribution is -2.27. The molecule has 0 aromatic carbocycles. The van der Waals surface area contributed by atoms with E-state index in [9.17, 15) is 4.79 Å². The Bertz CT molecular complexity index is 584. The van der Waals surface area contributed by atoms with Crippen LogP contribution >= 0.6 is 0 Å². The van der Waals surface area contributed by atoms with Crippen molar-refractivity contribution in [3.05, 3.63) is 34.5 Å². The Hall–Kier alpha value is -1.95. The lowest BCUT2D eigenvalue weighted by atomic mass is 9.98. The lowest BCUT2D eigenvalue weighted by molar-refractivity contribution is 0.392. The first-order valence-corrected chi connectivity index (χ1v) is 6.06. The van der Waals surface area contributed by atoms with Crippen LogP contribution in [0.25, 0.3) is 11.5 Å². The summed E-state index contributed by atoms with van der Waals surface area (Å²) in [5, 5.41) is 7.28. The standard InChI is InChI=1S/C12H14N4O2/c17-10-3-6-14-7-9(10)12-15-11(16-18-12)8-1-4-13-5-2-8/h3,6-8,13H,1-2,4-5H2,(H,14,17). The molecular formula is C12H14N4O2. The van der Waals surface area contributed by atoms with E-state index >= 15 is 0 Å². The predicted molar refractivity (Wildman–Crippen MR) is 65.2 cm³/mol. The minimum absolute atomic E-state index is 0.116. The molecule has 3 rings (SSSR count). The summed E-state index contributed by atoms with van der Waals surface area (Å²) in [7, 11) is 0. The molecule has 6 heteroatoms. The van der Waals surface area contributed by atoms with Crippen LogP contribution in [0.4, 0.5) is 0 Å². The maximum absolute atomic E-state index is 11.6. The molecule has 0 spiro atoms. The molecule has 3 heterocycles. The number of nitrogens with one attached hydrogen (secondary N) is 2. The fourth-order valence-electron chi connectivity index (χ4n) is 2.17. The van der Waals surface area contributed by atoms with E-state index in [2.05, 4.69) is 20.4 Å². The average molecular weight is 246 g/mol. The Balaban J connectivity index is 1.89. The maximum atomic E-state index is 11.6. The third-order valence-corrected chi connectivity index (χ3v) is 3.20. The molecule has 0 aliphatic carbocycles. The van der Waals surface area contributed by atoms with Gasteiger partial charge >= 0.3 is 0 Å². The van der Waals surface area contributed by atoms with Gasteiger partial charge in [0.1, 0.15) is 5.56 Å². The summed E-state index contributed by atoms with van der Waals surface area (Å²) in [6.45, 7) is 1.95. The van der Waals surface area contributed by atoms with Gasteiger partial charge in [0.05, 0.1) is 0 Å². The number of hydrogen-bond donors (Lipinski definition) is 2. The molecule has 0 bridgehead atoms. The molecule has 0 atom stereocenters. The first-order chi connectivity index (χ1) is 8.84. The summed E-state index contributed by atoms with van der Waals surface area (Å²) in [6.07, 6.45) is 5.17. The summed E-state index contributed by atoms with van der Waals surface area (Å²) in [6, 6.07) is 1.45. The molecule has 1 aliphatic rings. The Kier molecular flexibility index (Phi) is 2.93. The molecule has 2 aromatic rings. The molecular weight excluding hydrogens is 232 g/mol. The number of pyridine rings is 1. The van der Waals surface area contributed by atoms with Gasteiger partial charge in [0, 0.05) is 24.4 Å². The zero-order chi connectivity index (χ0) is 12.4. The Labute approximate surface area is 103 Å². The Morgan fingerprint density at radius 1 is 1.33 bits per heavy atom. The highest BCUT2D eigenvalue weighted by Crippen LogP contribution is 2.24. The van der Waals surface area contributed by atoms with Crippen molar-refractivity contribution < 1.29 is 4.52 Å². The van der Waals surface area contributed by atoms with Gasteiger partial charge < -0.3 is 14.8 Å². The van der Waals surface area contributed by atoms with E-state index in [1.807, 2.05) is 0 Å². The van der Waals surface area contributed by atoms with E-state index in [1.165, 1.54) is 6.07 Å². The summed E-state index contributed by atoms with van der Waals surface area (Å²) in [4.78, 5) is 18.8. The molecule has 0 unspecified atom stereocenters. The molecule has 6 nitrogen and oxygen atoms in total. The van der Waals surface area contributed by atoms with Crippen LogP contribution in [-0.4, -0.2) is 28.2 Å². The minimum atomic E-state index is -0.116. The van der Waals surface area contributed by atoms with Gasteiger partial charge in [0.15, 0.2) is 11.3 Å². The molecule has 1 fully saturated rings. The molecule has 0 saturated carbocycles.